The maximum absolute atomic E-state index is 11.8. The minimum Gasteiger partial charge on any atom is -0.327 e. The normalized spacial score (nSPS) is 15.4. The number of thiophene rings is 1. The second kappa shape index (κ2) is 4.35. The molecular formula is C9H12BrNOS. The summed E-state index contributed by atoms with van der Waals surface area (Å²) in [7, 11) is 0. The van der Waals surface area contributed by atoms with Crippen LogP contribution in [0.4, 0.5) is 0 Å². The summed E-state index contributed by atoms with van der Waals surface area (Å²) < 4.78 is 0.870. The second-order valence-corrected chi connectivity index (χ2v) is 4.88. The van der Waals surface area contributed by atoms with E-state index in [0.29, 0.717) is 0 Å². The van der Waals surface area contributed by atoms with Gasteiger partial charge in [-0.05, 0) is 34.3 Å². The van der Waals surface area contributed by atoms with Gasteiger partial charge in [-0.15, -0.1) is 11.3 Å². The molecule has 0 aromatic carbocycles. The van der Waals surface area contributed by atoms with E-state index in [1.807, 2.05) is 25.3 Å². The lowest BCUT2D eigenvalue weighted by Crippen LogP contribution is -2.30. The first-order chi connectivity index (χ1) is 6.04. The Balaban J connectivity index is 2.86. The molecule has 1 heterocycles. The average molecular weight is 262 g/mol. The van der Waals surface area contributed by atoms with Gasteiger partial charge in [0.25, 0.3) is 0 Å². The number of carbonyl (C=O) groups excluding carboxylic acids is 1. The van der Waals surface area contributed by atoms with Crippen molar-refractivity contribution in [2.75, 3.05) is 0 Å². The number of hydrogen-bond donors (Lipinski definition) is 1. The molecule has 2 unspecified atom stereocenters. The molecular weight excluding hydrogens is 250 g/mol. The standard InChI is InChI=1S/C9H12BrNOS/c1-5(6(2)11)8(12)9-7(10)3-4-13-9/h3-6H,11H2,1-2H3. The zero-order valence-corrected chi connectivity index (χ0v) is 9.98. The van der Waals surface area contributed by atoms with Crippen LogP contribution in [0.1, 0.15) is 23.5 Å². The van der Waals surface area contributed by atoms with Crippen LogP contribution in [0.3, 0.4) is 0 Å². The van der Waals surface area contributed by atoms with Crippen LogP contribution >= 0.6 is 27.3 Å². The first-order valence-electron chi connectivity index (χ1n) is 4.06. The van der Waals surface area contributed by atoms with Gasteiger partial charge in [-0.3, -0.25) is 4.79 Å². The predicted octanol–water partition coefficient (Wildman–Crippen LogP) is 2.68. The molecule has 0 aliphatic rings. The molecule has 13 heavy (non-hydrogen) atoms. The van der Waals surface area contributed by atoms with Crippen LogP contribution in [0.5, 0.6) is 0 Å². The summed E-state index contributed by atoms with van der Waals surface area (Å²) in [4.78, 5) is 12.5. The molecule has 4 heteroatoms. The van der Waals surface area contributed by atoms with Gasteiger partial charge in [0.15, 0.2) is 5.78 Å². The van der Waals surface area contributed by atoms with Crippen molar-refractivity contribution in [3.8, 4) is 0 Å². The lowest BCUT2D eigenvalue weighted by atomic mass is 9.98. The van der Waals surface area contributed by atoms with Crippen LogP contribution < -0.4 is 5.73 Å². The van der Waals surface area contributed by atoms with Gasteiger partial charge in [0, 0.05) is 16.4 Å². The largest absolute Gasteiger partial charge is 0.327 e. The zero-order chi connectivity index (χ0) is 10.0. The van der Waals surface area contributed by atoms with Gasteiger partial charge >= 0.3 is 0 Å². The van der Waals surface area contributed by atoms with Gasteiger partial charge in [0.05, 0.1) is 4.88 Å². The number of carbonyl (C=O) groups is 1. The lowest BCUT2D eigenvalue weighted by molar-refractivity contribution is 0.0920. The van der Waals surface area contributed by atoms with Crippen molar-refractivity contribution in [3.63, 3.8) is 0 Å². The van der Waals surface area contributed by atoms with E-state index in [0.717, 1.165) is 9.35 Å². The minimum atomic E-state index is -0.116. The van der Waals surface area contributed by atoms with Crippen LogP contribution in [-0.2, 0) is 0 Å². The molecule has 2 N–H and O–H groups in total. The average Bonchev–Trinajstić information content (AvgIpc) is 2.48. The lowest BCUT2D eigenvalue weighted by Gasteiger charge is -2.12. The van der Waals surface area contributed by atoms with Crippen LogP contribution in [0.2, 0.25) is 0 Å². The Bertz CT molecular complexity index is 308. The molecule has 0 bridgehead atoms. The summed E-state index contributed by atoms with van der Waals surface area (Å²) in [5.41, 5.74) is 5.66. The number of Topliss-reactive ketones (excluding diaryl/α,β-unsaturated/α-hetero) is 1. The highest BCUT2D eigenvalue weighted by molar-refractivity contribution is 9.10. The zero-order valence-electron chi connectivity index (χ0n) is 7.58. The van der Waals surface area contributed by atoms with E-state index < -0.39 is 0 Å². The Labute approximate surface area is 90.3 Å². The third-order valence-electron chi connectivity index (χ3n) is 2.04. The quantitative estimate of drug-likeness (QED) is 0.851. The fourth-order valence-electron chi connectivity index (χ4n) is 0.915. The van der Waals surface area contributed by atoms with Gasteiger partial charge in [0.1, 0.15) is 0 Å². The van der Waals surface area contributed by atoms with E-state index in [1.165, 1.54) is 11.3 Å². The highest BCUT2D eigenvalue weighted by Gasteiger charge is 2.21. The van der Waals surface area contributed by atoms with Crippen molar-refractivity contribution in [3.05, 3.63) is 20.8 Å². The number of ketones is 1. The molecule has 1 aromatic rings. The Hall–Kier alpha value is -0.190. The van der Waals surface area contributed by atoms with Crippen molar-refractivity contribution in [2.24, 2.45) is 11.7 Å². The topological polar surface area (TPSA) is 43.1 Å². The molecule has 0 aliphatic carbocycles. The van der Waals surface area contributed by atoms with E-state index in [9.17, 15) is 4.79 Å². The van der Waals surface area contributed by atoms with Gasteiger partial charge in [-0.1, -0.05) is 6.92 Å². The number of halogens is 1. The Morgan fingerprint density at radius 1 is 1.62 bits per heavy atom. The summed E-state index contributed by atoms with van der Waals surface area (Å²) in [5.74, 6) is 0.00632. The molecule has 0 spiro atoms. The van der Waals surface area contributed by atoms with Crippen LogP contribution in [0, 0.1) is 5.92 Å². The van der Waals surface area contributed by atoms with E-state index >= 15 is 0 Å². The van der Waals surface area contributed by atoms with E-state index in [1.54, 1.807) is 0 Å². The third-order valence-corrected chi connectivity index (χ3v) is 3.90. The van der Waals surface area contributed by atoms with Crippen molar-refractivity contribution >= 4 is 33.0 Å². The first-order valence-corrected chi connectivity index (χ1v) is 5.74. The fraction of sp³-hybridized carbons (Fsp3) is 0.444. The molecule has 0 aliphatic heterocycles. The summed E-state index contributed by atoms with van der Waals surface area (Å²) >= 11 is 4.78. The molecule has 0 radical (unpaired) electrons. The smallest absolute Gasteiger partial charge is 0.178 e. The fourth-order valence-corrected chi connectivity index (χ4v) is 2.52. The molecule has 1 rings (SSSR count). The van der Waals surface area contributed by atoms with Crippen LogP contribution in [-0.4, -0.2) is 11.8 Å². The third kappa shape index (κ3) is 2.39. The van der Waals surface area contributed by atoms with E-state index in [-0.39, 0.29) is 17.7 Å². The Morgan fingerprint density at radius 2 is 2.23 bits per heavy atom. The Morgan fingerprint density at radius 3 is 2.62 bits per heavy atom. The number of nitrogens with two attached hydrogens (primary N) is 1. The molecule has 2 nitrogen and oxygen atoms in total. The summed E-state index contributed by atoms with van der Waals surface area (Å²) in [6, 6.07) is 1.78. The first kappa shape index (κ1) is 10.9. The van der Waals surface area contributed by atoms with Crippen LogP contribution in [0.25, 0.3) is 0 Å². The highest BCUT2D eigenvalue weighted by Crippen LogP contribution is 2.25. The molecule has 0 saturated carbocycles. The molecule has 0 amide bonds. The van der Waals surface area contributed by atoms with Crippen molar-refractivity contribution in [2.45, 2.75) is 19.9 Å². The van der Waals surface area contributed by atoms with Crippen LogP contribution in [0.15, 0.2) is 15.9 Å². The maximum Gasteiger partial charge on any atom is 0.178 e. The SMILES string of the molecule is CC(N)C(C)C(=O)c1sccc1Br. The van der Waals surface area contributed by atoms with Gasteiger partial charge < -0.3 is 5.73 Å². The molecule has 0 saturated heterocycles. The van der Waals surface area contributed by atoms with E-state index in [2.05, 4.69) is 15.9 Å². The molecule has 2 atom stereocenters. The summed E-state index contributed by atoms with van der Waals surface area (Å²) in [6.45, 7) is 3.71. The molecule has 0 fully saturated rings. The summed E-state index contributed by atoms with van der Waals surface area (Å²) in [6.07, 6.45) is 0. The number of hydrogen-bond acceptors (Lipinski definition) is 3. The van der Waals surface area contributed by atoms with E-state index in [4.69, 9.17) is 5.73 Å². The predicted molar refractivity (Wildman–Crippen MR) is 59.2 cm³/mol. The Kier molecular flexibility index (Phi) is 3.64. The van der Waals surface area contributed by atoms with Gasteiger partial charge in [-0.25, -0.2) is 0 Å². The summed E-state index contributed by atoms with van der Waals surface area (Å²) in [5, 5.41) is 1.89. The molecule has 72 valence electrons. The van der Waals surface area contributed by atoms with Gasteiger partial charge in [-0.2, -0.15) is 0 Å². The van der Waals surface area contributed by atoms with Crippen molar-refractivity contribution in [1.29, 1.82) is 0 Å². The van der Waals surface area contributed by atoms with Crippen molar-refractivity contribution < 1.29 is 4.79 Å². The molecule has 1 aromatic heterocycles. The van der Waals surface area contributed by atoms with Gasteiger partial charge in [0.2, 0.25) is 0 Å². The minimum absolute atomic E-state index is 0.0958. The second-order valence-electron chi connectivity index (χ2n) is 3.11. The van der Waals surface area contributed by atoms with Crippen molar-refractivity contribution in [1.82, 2.24) is 0 Å². The highest BCUT2D eigenvalue weighted by atomic mass is 79.9. The number of rotatable bonds is 3. The maximum atomic E-state index is 11.8. The monoisotopic (exact) mass is 261 g/mol.